The summed E-state index contributed by atoms with van der Waals surface area (Å²) in [5, 5.41) is 3.00. The minimum atomic E-state index is -0.157. The van der Waals surface area contributed by atoms with E-state index in [2.05, 4.69) is 14.9 Å². The molecule has 0 radical (unpaired) electrons. The molecule has 5 rings (SSSR count). The summed E-state index contributed by atoms with van der Waals surface area (Å²) in [6.07, 6.45) is 5.80. The highest BCUT2D eigenvalue weighted by Gasteiger charge is 2.42. The number of nitrogens with zero attached hydrogens (tertiary/aromatic N) is 4. The van der Waals surface area contributed by atoms with Crippen molar-refractivity contribution in [3.05, 3.63) is 71.8 Å². The topological polar surface area (TPSA) is 80.1 Å². The summed E-state index contributed by atoms with van der Waals surface area (Å²) in [5.41, 5.74) is 3.02. The predicted octanol–water partition coefficient (Wildman–Crippen LogP) is 3.31. The van der Waals surface area contributed by atoms with Crippen LogP contribution < -0.4 is 5.32 Å². The summed E-state index contributed by atoms with van der Waals surface area (Å²) in [6, 6.07) is 13.6. The van der Waals surface area contributed by atoms with Crippen LogP contribution in [0.25, 0.3) is 11.4 Å². The highest BCUT2D eigenvalue weighted by Crippen LogP contribution is 2.36. The van der Waals surface area contributed by atoms with E-state index in [0.717, 1.165) is 29.9 Å². The number of nitrogens with one attached hydrogen (secondary N) is 1. The summed E-state index contributed by atoms with van der Waals surface area (Å²) in [5.74, 6) is 0.669. The SMILES string of the molecule is CC(C)NC(=O)c1nc(-c2ccccc2)n2c1C[C@@H]1CC[C@H](C2)N1C(=O)c1ccncc1. The molecule has 32 heavy (non-hydrogen) atoms. The van der Waals surface area contributed by atoms with Gasteiger partial charge in [-0.05, 0) is 38.8 Å². The first-order valence-electron chi connectivity index (χ1n) is 11.2. The maximum atomic E-state index is 13.4. The molecular formula is C25H27N5O2. The standard InChI is InChI=1S/C25H27N5O2/c1-16(2)27-24(31)22-21-14-19-8-9-20(30(19)25(32)18-10-12-26-13-11-18)15-29(21)23(28-22)17-6-4-3-5-7-17/h3-7,10-13,16,19-20H,8-9,14-15H2,1-2H3,(H,27,31)/t19-,20+/m0/s1. The number of pyridine rings is 1. The average molecular weight is 430 g/mol. The molecule has 3 aromatic rings. The third kappa shape index (κ3) is 3.57. The molecule has 0 spiro atoms. The van der Waals surface area contributed by atoms with Crippen molar-refractivity contribution < 1.29 is 9.59 Å². The van der Waals surface area contributed by atoms with Crippen molar-refractivity contribution in [2.24, 2.45) is 0 Å². The zero-order valence-electron chi connectivity index (χ0n) is 18.4. The van der Waals surface area contributed by atoms with Gasteiger partial charge < -0.3 is 14.8 Å². The molecule has 2 aliphatic rings. The van der Waals surface area contributed by atoms with Crippen molar-refractivity contribution in [1.82, 2.24) is 24.8 Å². The normalized spacial score (nSPS) is 19.5. The van der Waals surface area contributed by atoms with Crippen LogP contribution in [-0.4, -0.2) is 49.4 Å². The minimum absolute atomic E-state index is 0.0204. The zero-order valence-corrected chi connectivity index (χ0v) is 18.4. The fourth-order valence-electron chi connectivity index (χ4n) is 4.96. The van der Waals surface area contributed by atoms with E-state index < -0.39 is 0 Å². The van der Waals surface area contributed by atoms with E-state index in [-0.39, 0.29) is 29.9 Å². The lowest BCUT2D eigenvalue weighted by molar-refractivity contribution is 0.0666. The smallest absolute Gasteiger partial charge is 0.271 e. The Labute approximate surface area is 187 Å². The van der Waals surface area contributed by atoms with Gasteiger partial charge in [0.1, 0.15) is 11.5 Å². The third-order valence-corrected chi connectivity index (χ3v) is 6.34. The number of amides is 2. The van der Waals surface area contributed by atoms with Crippen LogP contribution in [-0.2, 0) is 13.0 Å². The molecule has 1 fully saturated rings. The molecule has 1 N–H and O–H groups in total. The summed E-state index contributed by atoms with van der Waals surface area (Å²) in [6.45, 7) is 4.53. The van der Waals surface area contributed by atoms with Gasteiger partial charge in [-0.15, -0.1) is 0 Å². The second-order valence-electron chi connectivity index (χ2n) is 8.87. The predicted molar refractivity (Wildman–Crippen MR) is 121 cm³/mol. The van der Waals surface area contributed by atoms with Crippen molar-refractivity contribution in [3.8, 4) is 11.4 Å². The maximum Gasteiger partial charge on any atom is 0.271 e. The number of imidazole rings is 1. The number of fused-ring (bicyclic) bond motifs is 3. The third-order valence-electron chi connectivity index (χ3n) is 6.34. The number of benzene rings is 1. The molecule has 4 heterocycles. The van der Waals surface area contributed by atoms with Gasteiger partial charge in [0.15, 0.2) is 0 Å². The fourth-order valence-corrected chi connectivity index (χ4v) is 4.96. The summed E-state index contributed by atoms with van der Waals surface area (Å²) in [7, 11) is 0. The Morgan fingerprint density at radius 2 is 1.75 bits per heavy atom. The number of hydrogen-bond donors (Lipinski definition) is 1. The lowest BCUT2D eigenvalue weighted by atomic mass is 10.0. The van der Waals surface area contributed by atoms with Gasteiger partial charge in [0.05, 0.1) is 11.7 Å². The molecule has 2 bridgehead atoms. The van der Waals surface area contributed by atoms with Crippen molar-refractivity contribution >= 4 is 11.8 Å². The Kier molecular flexibility index (Phi) is 5.25. The second kappa shape index (κ2) is 8.22. The van der Waals surface area contributed by atoms with Gasteiger partial charge in [-0.1, -0.05) is 30.3 Å². The lowest BCUT2D eigenvalue weighted by Crippen LogP contribution is -2.42. The molecule has 0 aliphatic carbocycles. The average Bonchev–Trinajstić information content (AvgIpc) is 3.30. The van der Waals surface area contributed by atoms with E-state index in [1.54, 1.807) is 24.5 Å². The first-order chi connectivity index (χ1) is 15.5. The van der Waals surface area contributed by atoms with Crippen molar-refractivity contribution in [3.63, 3.8) is 0 Å². The molecule has 7 nitrogen and oxygen atoms in total. The quantitative estimate of drug-likeness (QED) is 0.690. The Morgan fingerprint density at radius 1 is 1.03 bits per heavy atom. The number of aromatic nitrogens is 3. The second-order valence-corrected chi connectivity index (χ2v) is 8.87. The van der Waals surface area contributed by atoms with Crippen LogP contribution in [0.1, 0.15) is 53.2 Å². The first kappa shape index (κ1) is 20.4. The molecular weight excluding hydrogens is 402 g/mol. The molecule has 2 aliphatic heterocycles. The van der Waals surface area contributed by atoms with Crippen LogP contribution in [0.5, 0.6) is 0 Å². The monoisotopic (exact) mass is 429 g/mol. The molecule has 1 aromatic carbocycles. The molecule has 1 saturated heterocycles. The number of carbonyl (C=O) groups is 2. The van der Waals surface area contributed by atoms with Gasteiger partial charge in [0, 0.05) is 48.6 Å². The minimum Gasteiger partial charge on any atom is -0.348 e. The van der Waals surface area contributed by atoms with Gasteiger partial charge in [0.25, 0.3) is 11.8 Å². The summed E-state index contributed by atoms with van der Waals surface area (Å²) < 4.78 is 2.17. The van der Waals surface area contributed by atoms with Crippen LogP contribution >= 0.6 is 0 Å². The summed E-state index contributed by atoms with van der Waals surface area (Å²) >= 11 is 0. The molecule has 0 saturated carbocycles. The first-order valence-corrected chi connectivity index (χ1v) is 11.2. The Balaban J connectivity index is 1.57. The largest absolute Gasteiger partial charge is 0.348 e. The maximum absolute atomic E-state index is 13.4. The Hall–Kier alpha value is -3.48. The van der Waals surface area contributed by atoms with Crippen LogP contribution in [0.2, 0.25) is 0 Å². The zero-order chi connectivity index (χ0) is 22.2. The van der Waals surface area contributed by atoms with Gasteiger partial charge in [-0.3, -0.25) is 14.6 Å². The highest BCUT2D eigenvalue weighted by atomic mass is 16.2. The Morgan fingerprint density at radius 3 is 2.47 bits per heavy atom. The fraction of sp³-hybridized carbons (Fsp3) is 0.360. The van der Waals surface area contributed by atoms with Gasteiger partial charge in [-0.2, -0.15) is 0 Å². The van der Waals surface area contributed by atoms with Crippen LogP contribution in [0.15, 0.2) is 54.9 Å². The number of carbonyl (C=O) groups excluding carboxylic acids is 2. The van der Waals surface area contributed by atoms with Crippen molar-refractivity contribution in [2.75, 3.05) is 0 Å². The molecule has 2 amide bonds. The van der Waals surface area contributed by atoms with E-state index in [4.69, 9.17) is 4.98 Å². The van der Waals surface area contributed by atoms with Gasteiger partial charge in [0.2, 0.25) is 0 Å². The molecule has 2 atom stereocenters. The van der Waals surface area contributed by atoms with Gasteiger partial charge in [-0.25, -0.2) is 4.98 Å². The van der Waals surface area contributed by atoms with E-state index in [9.17, 15) is 9.59 Å². The van der Waals surface area contributed by atoms with E-state index >= 15 is 0 Å². The lowest BCUT2D eigenvalue weighted by Gasteiger charge is -2.28. The van der Waals surface area contributed by atoms with Crippen LogP contribution in [0, 0.1) is 0 Å². The Bertz CT molecular complexity index is 1140. The van der Waals surface area contributed by atoms with E-state index in [0.29, 0.717) is 24.2 Å². The van der Waals surface area contributed by atoms with Crippen LogP contribution in [0.3, 0.4) is 0 Å². The van der Waals surface area contributed by atoms with Gasteiger partial charge >= 0.3 is 0 Å². The van der Waals surface area contributed by atoms with Crippen molar-refractivity contribution in [1.29, 1.82) is 0 Å². The molecule has 164 valence electrons. The number of rotatable bonds is 4. The molecule has 0 unspecified atom stereocenters. The van der Waals surface area contributed by atoms with Crippen molar-refractivity contribution in [2.45, 2.75) is 57.8 Å². The molecule has 2 aromatic heterocycles. The molecule has 7 heteroatoms. The summed E-state index contributed by atoms with van der Waals surface area (Å²) in [4.78, 5) is 37.3. The number of hydrogen-bond acceptors (Lipinski definition) is 4. The highest BCUT2D eigenvalue weighted by molar-refractivity contribution is 5.96. The van der Waals surface area contributed by atoms with E-state index in [1.165, 1.54) is 0 Å². The van der Waals surface area contributed by atoms with E-state index in [1.807, 2.05) is 49.1 Å². The van der Waals surface area contributed by atoms with Crippen LogP contribution in [0.4, 0.5) is 0 Å².